The second-order valence-electron chi connectivity index (χ2n) is 7.29. The van der Waals surface area contributed by atoms with Crippen molar-refractivity contribution in [1.29, 1.82) is 0 Å². The fourth-order valence-electron chi connectivity index (χ4n) is 3.55. The zero-order valence-electron chi connectivity index (χ0n) is 16.3. The number of carbonyl (C=O) groups excluding carboxylic acids is 2. The lowest BCUT2D eigenvalue weighted by Gasteiger charge is -2.27. The van der Waals surface area contributed by atoms with E-state index in [-0.39, 0.29) is 31.9 Å². The lowest BCUT2D eigenvalue weighted by molar-refractivity contribution is -0.152. The van der Waals surface area contributed by atoms with Crippen LogP contribution in [0.2, 0.25) is 6.32 Å². The Morgan fingerprint density at radius 1 is 1.45 bits per heavy atom. The maximum absolute atomic E-state index is 13.0. The average Bonchev–Trinajstić information content (AvgIpc) is 3.05. The van der Waals surface area contributed by atoms with Crippen molar-refractivity contribution in [3.63, 3.8) is 0 Å². The SMILES string of the molecule is C[C@@H](N)C(=O)N1C[C@@H](CCCB(O)O)[C@](N=[N+]=[N-])(C(=O)OCc2ccccc2)C1. The van der Waals surface area contributed by atoms with E-state index in [1.165, 1.54) is 4.90 Å². The molecule has 2 rings (SSSR count). The number of nitrogens with zero attached hydrogens (tertiary/aromatic N) is 4. The maximum atomic E-state index is 13.0. The fourth-order valence-corrected chi connectivity index (χ4v) is 3.55. The minimum Gasteiger partial charge on any atom is -0.460 e. The number of benzene rings is 1. The molecule has 10 nitrogen and oxygen atoms in total. The van der Waals surface area contributed by atoms with Crippen LogP contribution in [0.5, 0.6) is 0 Å². The van der Waals surface area contributed by atoms with E-state index in [1.54, 1.807) is 19.1 Å². The Morgan fingerprint density at radius 3 is 2.72 bits per heavy atom. The number of azide groups is 1. The van der Waals surface area contributed by atoms with Gasteiger partial charge in [-0.15, -0.1) is 0 Å². The zero-order chi connectivity index (χ0) is 21.4. The van der Waals surface area contributed by atoms with Crippen LogP contribution in [0.15, 0.2) is 35.4 Å². The van der Waals surface area contributed by atoms with Gasteiger partial charge >= 0.3 is 13.1 Å². The summed E-state index contributed by atoms with van der Waals surface area (Å²) in [5.41, 5.74) is 14.0. The van der Waals surface area contributed by atoms with E-state index < -0.39 is 30.6 Å². The first-order chi connectivity index (χ1) is 13.8. The molecule has 156 valence electrons. The zero-order valence-corrected chi connectivity index (χ0v) is 16.3. The molecule has 1 amide bonds. The van der Waals surface area contributed by atoms with Crippen molar-refractivity contribution >= 4 is 19.0 Å². The van der Waals surface area contributed by atoms with Crippen LogP contribution < -0.4 is 5.73 Å². The third-order valence-electron chi connectivity index (χ3n) is 5.05. The van der Waals surface area contributed by atoms with Gasteiger partial charge in [0.05, 0.1) is 6.04 Å². The smallest absolute Gasteiger partial charge is 0.451 e. The van der Waals surface area contributed by atoms with E-state index in [1.807, 2.05) is 18.2 Å². The standard InChI is InChI=1S/C18H26BN5O5/c1-13(20)16(25)24-10-15(8-5-9-19(27)28)18(12-24,22-23-21)17(26)29-11-14-6-3-2-4-7-14/h2-4,6-7,13,15,27-28H,5,8-12,20H2,1H3/t13-,15-,18+/m1/s1. The Balaban J connectivity index is 2.24. The van der Waals surface area contributed by atoms with E-state index >= 15 is 0 Å². The van der Waals surface area contributed by atoms with Crippen LogP contribution in [-0.4, -0.2) is 58.6 Å². The molecular formula is C18H26BN5O5. The molecule has 0 aromatic heterocycles. The van der Waals surface area contributed by atoms with Gasteiger partial charge in [-0.1, -0.05) is 41.9 Å². The summed E-state index contributed by atoms with van der Waals surface area (Å²) in [4.78, 5) is 29.7. The Morgan fingerprint density at radius 2 is 2.14 bits per heavy atom. The summed E-state index contributed by atoms with van der Waals surface area (Å²) < 4.78 is 5.44. The molecule has 1 aromatic carbocycles. The molecule has 0 aliphatic carbocycles. The van der Waals surface area contributed by atoms with E-state index in [4.69, 9.17) is 26.0 Å². The molecule has 1 heterocycles. The number of hydrogen-bond donors (Lipinski definition) is 3. The highest BCUT2D eigenvalue weighted by molar-refractivity contribution is 6.40. The van der Waals surface area contributed by atoms with Gasteiger partial charge in [-0.2, -0.15) is 0 Å². The third kappa shape index (κ3) is 5.71. The molecule has 0 radical (unpaired) electrons. The number of esters is 1. The molecule has 4 N–H and O–H groups in total. The first-order valence-electron chi connectivity index (χ1n) is 9.48. The lowest BCUT2D eigenvalue weighted by Crippen LogP contribution is -2.47. The molecule has 0 saturated carbocycles. The first kappa shape index (κ1) is 22.7. The van der Waals surface area contributed by atoms with Crippen molar-refractivity contribution in [1.82, 2.24) is 4.90 Å². The topological polar surface area (TPSA) is 162 Å². The van der Waals surface area contributed by atoms with E-state index in [2.05, 4.69) is 10.0 Å². The quantitative estimate of drug-likeness (QED) is 0.182. The lowest BCUT2D eigenvalue weighted by atomic mass is 9.78. The number of ether oxygens (including phenoxy) is 1. The molecule has 1 aliphatic heterocycles. The molecule has 1 aliphatic rings. The molecule has 11 heteroatoms. The fraction of sp³-hybridized carbons (Fsp3) is 0.556. The second kappa shape index (κ2) is 10.3. The largest absolute Gasteiger partial charge is 0.460 e. The number of nitrogens with two attached hydrogens (primary N) is 1. The van der Waals surface area contributed by atoms with Crippen LogP contribution in [0.25, 0.3) is 10.4 Å². The van der Waals surface area contributed by atoms with Gasteiger partial charge in [-0.25, -0.2) is 0 Å². The van der Waals surface area contributed by atoms with Crippen LogP contribution in [0.1, 0.15) is 25.3 Å². The Bertz CT molecular complexity index is 756. The highest BCUT2D eigenvalue weighted by Crippen LogP contribution is 2.37. The molecule has 1 aromatic rings. The van der Waals surface area contributed by atoms with Gasteiger partial charge in [0.1, 0.15) is 6.61 Å². The molecule has 0 spiro atoms. The predicted molar refractivity (Wildman–Crippen MR) is 106 cm³/mol. The van der Waals surface area contributed by atoms with Crippen LogP contribution in [0.3, 0.4) is 0 Å². The number of likely N-dealkylation sites (tertiary alicyclic amines) is 1. The van der Waals surface area contributed by atoms with Gasteiger partial charge in [-0.3, -0.25) is 9.59 Å². The van der Waals surface area contributed by atoms with Gasteiger partial charge in [0.2, 0.25) is 5.91 Å². The molecule has 29 heavy (non-hydrogen) atoms. The van der Waals surface area contributed by atoms with E-state index in [0.29, 0.717) is 12.8 Å². The highest BCUT2D eigenvalue weighted by atomic mass is 16.5. The van der Waals surface area contributed by atoms with Crippen molar-refractivity contribution in [2.45, 2.75) is 44.3 Å². The first-order valence-corrected chi connectivity index (χ1v) is 9.48. The number of carbonyl (C=O) groups is 2. The monoisotopic (exact) mass is 403 g/mol. The summed E-state index contributed by atoms with van der Waals surface area (Å²) in [5.74, 6) is -1.60. The van der Waals surface area contributed by atoms with Crippen LogP contribution in [0.4, 0.5) is 0 Å². The molecule has 0 bridgehead atoms. The van der Waals surface area contributed by atoms with Gasteiger partial charge in [-0.05, 0) is 30.8 Å². The van der Waals surface area contributed by atoms with Gasteiger partial charge in [0, 0.05) is 23.9 Å². The second-order valence-corrected chi connectivity index (χ2v) is 7.29. The van der Waals surface area contributed by atoms with Crippen LogP contribution >= 0.6 is 0 Å². The Labute approximate surface area is 169 Å². The van der Waals surface area contributed by atoms with Gasteiger partial charge in [0.25, 0.3) is 0 Å². The molecule has 3 atom stereocenters. The summed E-state index contributed by atoms with van der Waals surface area (Å²) in [7, 11) is -1.47. The Hall–Kier alpha value is -2.59. The number of rotatable bonds is 9. The number of hydrogen-bond acceptors (Lipinski definition) is 7. The highest BCUT2D eigenvalue weighted by Gasteiger charge is 2.54. The summed E-state index contributed by atoms with van der Waals surface area (Å²) in [6.07, 6.45) is 0.820. The molecule has 0 unspecified atom stereocenters. The third-order valence-corrected chi connectivity index (χ3v) is 5.05. The molecule has 1 saturated heterocycles. The van der Waals surface area contributed by atoms with Crippen molar-refractivity contribution in [2.75, 3.05) is 13.1 Å². The van der Waals surface area contributed by atoms with Crippen molar-refractivity contribution in [2.24, 2.45) is 16.8 Å². The van der Waals surface area contributed by atoms with Crippen molar-refractivity contribution < 1.29 is 24.4 Å². The predicted octanol–water partition coefficient (Wildman–Crippen LogP) is 0.837. The minimum absolute atomic E-state index is 0.00564. The average molecular weight is 403 g/mol. The summed E-state index contributed by atoms with van der Waals surface area (Å²) in [6, 6.07) is 8.30. The van der Waals surface area contributed by atoms with Crippen LogP contribution in [0, 0.1) is 5.92 Å². The van der Waals surface area contributed by atoms with Crippen LogP contribution in [-0.2, 0) is 20.9 Å². The normalized spacial score (nSPS) is 21.9. The van der Waals surface area contributed by atoms with Crippen molar-refractivity contribution in [3.8, 4) is 0 Å². The summed E-state index contributed by atoms with van der Waals surface area (Å²) in [5, 5.41) is 22.0. The summed E-state index contributed by atoms with van der Waals surface area (Å²) in [6.45, 7) is 1.59. The van der Waals surface area contributed by atoms with Gasteiger partial charge in [0.15, 0.2) is 5.54 Å². The Kier molecular flexibility index (Phi) is 8.04. The van der Waals surface area contributed by atoms with Gasteiger partial charge < -0.3 is 25.4 Å². The minimum atomic E-state index is -1.59. The van der Waals surface area contributed by atoms with E-state index in [9.17, 15) is 9.59 Å². The van der Waals surface area contributed by atoms with E-state index in [0.717, 1.165) is 5.56 Å². The van der Waals surface area contributed by atoms with Crippen molar-refractivity contribution in [3.05, 3.63) is 46.3 Å². The molecule has 1 fully saturated rings. The number of amides is 1. The molecular weight excluding hydrogens is 377 g/mol. The summed E-state index contributed by atoms with van der Waals surface area (Å²) >= 11 is 0. The maximum Gasteiger partial charge on any atom is 0.451 e.